The number of nitrogens with zero attached hydrogens (tertiary/aromatic N) is 1. The van der Waals surface area contributed by atoms with Crippen LogP contribution in [0.15, 0.2) is 18.2 Å². The molecule has 1 fully saturated rings. The smallest absolute Gasteiger partial charge is 0.126 e. The Hall–Kier alpha value is -1.09. The van der Waals surface area contributed by atoms with Gasteiger partial charge in [0, 0.05) is 12.3 Å². The molecule has 3 heteroatoms. The number of anilines is 1. The molecule has 0 aromatic carbocycles. The second-order valence-electron chi connectivity index (χ2n) is 3.37. The SMILES string of the molecule is Cc1cccc(NC2CCOC2)n1. The number of rotatable bonds is 2. The Morgan fingerprint density at radius 1 is 1.54 bits per heavy atom. The van der Waals surface area contributed by atoms with Crippen LogP contribution in [-0.4, -0.2) is 24.2 Å². The van der Waals surface area contributed by atoms with Crippen LogP contribution in [0, 0.1) is 6.92 Å². The number of ether oxygens (including phenoxy) is 1. The first-order valence-corrected chi connectivity index (χ1v) is 4.62. The summed E-state index contributed by atoms with van der Waals surface area (Å²) in [5.41, 5.74) is 1.05. The number of aryl methyl sites for hydroxylation is 1. The van der Waals surface area contributed by atoms with Gasteiger partial charge in [0.2, 0.25) is 0 Å². The summed E-state index contributed by atoms with van der Waals surface area (Å²) in [5.74, 6) is 0.954. The minimum atomic E-state index is 0.439. The van der Waals surface area contributed by atoms with Gasteiger partial charge in [-0.1, -0.05) is 6.07 Å². The fourth-order valence-corrected chi connectivity index (χ4v) is 1.48. The van der Waals surface area contributed by atoms with Crippen molar-refractivity contribution in [1.29, 1.82) is 0 Å². The molecule has 2 rings (SSSR count). The topological polar surface area (TPSA) is 34.1 Å². The maximum atomic E-state index is 5.27. The molecular weight excluding hydrogens is 164 g/mol. The van der Waals surface area contributed by atoms with Crippen LogP contribution < -0.4 is 5.32 Å². The van der Waals surface area contributed by atoms with Crippen molar-refractivity contribution in [3.63, 3.8) is 0 Å². The molecule has 0 aliphatic carbocycles. The second kappa shape index (κ2) is 3.75. The minimum absolute atomic E-state index is 0.439. The summed E-state index contributed by atoms with van der Waals surface area (Å²) in [7, 11) is 0. The molecule has 1 saturated heterocycles. The van der Waals surface area contributed by atoms with Crippen molar-refractivity contribution in [2.45, 2.75) is 19.4 Å². The van der Waals surface area contributed by atoms with Crippen LogP contribution in [0.4, 0.5) is 5.82 Å². The zero-order valence-corrected chi connectivity index (χ0v) is 7.79. The van der Waals surface area contributed by atoms with E-state index in [0.29, 0.717) is 6.04 Å². The highest BCUT2D eigenvalue weighted by Crippen LogP contribution is 2.11. The predicted octanol–water partition coefficient (Wildman–Crippen LogP) is 1.59. The van der Waals surface area contributed by atoms with Crippen LogP contribution >= 0.6 is 0 Å². The van der Waals surface area contributed by atoms with E-state index in [4.69, 9.17) is 4.74 Å². The van der Waals surface area contributed by atoms with Crippen LogP contribution in [0.1, 0.15) is 12.1 Å². The summed E-state index contributed by atoms with van der Waals surface area (Å²) in [5, 5.41) is 3.35. The molecule has 1 aromatic rings. The van der Waals surface area contributed by atoms with Crippen molar-refractivity contribution in [3.8, 4) is 0 Å². The first-order valence-electron chi connectivity index (χ1n) is 4.62. The largest absolute Gasteiger partial charge is 0.379 e. The fourth-order valence-electron chi connectivity index (χ4n) is 1.48. The van der Waals surface area contributed by atoms with E-state index in [-0.39, 0.29) is 0 Å². The highest BCUT2D eigenvalue weighted by Gasteiger charge is 2.15. The van der Waals surface area contributed by atoms with Crippen LogP contribution in [-0.2, 0) is 4.74 Å². The van der Waals surface area contributed by atoms with Crippen molar-refractivity contribution >= 4 is 5.82 Å². The second-order valence-corrected chi connectivity index (χ2v) is 3.37. The zero-order chi connectivity index (χ0) is 9.10. The molecule has 1 atom stereocenters. The highest BCUT2D eigenvalue weighted by atomic mass is 16.5. The van der Waals surface area contributed by atoms with Gasteiger partial charge in [0.1, 0.15) is 5.82 Å². The van der Waals surface area contributed by atoms with Gasteiger partial charge in [-0.15, -0.1) is 0 Å². The van der Waals surface area contributed by atoms with E-state index < -0.39 is 0 Å². The van der Waals surface area contributed by atoms with Crippen molar-refractivity contribution in [2.75, 3.05) is 18.5 Å². The van der Waals surface area contributed by atoms with Gasteiger partial charge in [-0.2, -0.15) is 0 Å². The molecular formula is C10H14N2O. The lowest BCUT2D eigenvalue weighted by molar-refractivity contribution is 0.195. The number of hydrogen-bond acceptors (Lipinski definition) is 3. The van der Waals surface area contributed by atoms with E-state index in [1.54, 1.807) is 0 Å². The highest BCUT2D eigenvalue weighted by molar-refractivity contribution is 5.36. The monoisotopic (exact) mass is 178 g/mol. The van der Waals surface area contributed by atoms with Crippen LogP contribution in [0.25, 0.3) is 0 Å². The average molecular weight is 178 g/mol. The fraction of sp³-hybridized carbons (Fsp3) is 0.500. The van der Waals surface area contributed by atoms with Gasteiger partial charge in [0.15, 0.2) is 0 Å². The van der Waals surface area contributed by atoms with Gasteiger partial charge in [-0.05, 0) is 25.5 Å². The summed E-state index contributed by atoms with van der Waals surface area (Å²) in [4.78, 5) is 4.37. The van der Waals surface area contributed by atoms with Gasteiger partial charge in [-0.3, -0.25) is 0 Å². The van der Waals surface area contributed by atoms with E-state index in [2.05, 4.69) is 10.3 Å². The molecule has 0 saturated carbocycles. The van der Waals surface area contributed by atoms with Crippen molar-refractivity contribution in [3.05, 3.63) is 23.9 Å². The van der Waals surface area contributed by atoms with E-state index in [1.807, 2.05) is 25.1 Å². The lowest BCUT2D eigenvalue weighted by Crippen LogP contribution is -2.19. The molecule has 0 radical (unpaired) electrons. The van der Waals surface area contributed by atoms with Gasteiger partial charge in [0.25, 0.3) is 0 Å². The molecule has 0 amide bonds. The van der Waals surface area contributed by atoms with Crippen molar-refractivity contribution in [1.82, 2.24) is 4.98 Å². The lowest BCUT2D eigenvalue weighted by atomic mass is 10.2. The third kappa shape index (κ3) is 2.18. The molecule has 13 heavy (non-hydrogen) atoms. The number of hydrogen-bond donors (Lipinski definition) is 1. The van der Waals surface area contributed by atoms with E-state index in [9.17, 15) is 0 Å². The molecule has 1 unspecified atom stereocenters. The molecule has 1 aliphatic heterocycles. The van der Waals surface area contributed by atoms with Crippen LogP contribution in [0.2, 0.25) is 0 Å². The minimum Gasteiger partial charge on any atom is -0.379 e. The Bertz CT molecular complexity index is 282. The molecule has 1 N–H and O–H groups in total. The summed E-state index contributed by atoms with van der Waals surface area (Å²) >= 11 is 0. The standard InChI is InChI=1S/C10H14N2O/c1-8-3-2-4-10(11-8)12-9-5-6-13-7-9/h2-4,9H,5-7H2,1H3,(H,11,12). The molecule has 0 spiro atoms. The van der Waals surface area contributed by atoms with Gasteiger partial charge >= 0.3 is 0 Å². The normalized spacial score (nSPS) is 21.8. The Morgan fingerprint density at radius 3 is 3.15 bits per heavy atom. The van der Waals surface area contributed by atoms with Crippen molar-refractivity contribution in [2.24, 2.45) is 0 Å². The van der Waals surface area contributed by atoms with Crippen molar-refractivity contribution < 1.29 is 4.74 Å². The van der Waals surface area contributed by atoms with Crippen LogP contribution in [0.5, 0.6) is 0 Å². The quantitative estimate of drug-likeness (QED) is 0.746. The average Bonchev–Trinajstić information content (AvgIpc) is 2.57. The summed E-state index contributed by atoms with van der Waals surface area (Å²) < 4.78 is 5.27. The van der Waals surface area contributed by atoms with Crippen LogP contribution in [0.3, 0.4) is 0 Å². The molecule has 2 heterocycles. The third-order valence-electron chi connectivity index (χ3n) is 2.17. The summed E-state index contributed by atoms with van der Waals surface area (Å²) in [6.07, 6.45) is 1.08. The first kappa shape index (κ1) is 8.51. The molecule has 1 aromatic heterocycles. The maximum Gasteiger partial charge on any atom is 0.126 e. The first-order chi connectivity index (χ1) is 6.34. The van der Waals surface area contributed by atoms with E-state index in [0.717, 1.165) is 31.1 Å². The summed E-state index contributed by atoms with van der Waals surface area (Å²) in [6, 6.07) is 6.44. The molecule has 70 valence electrons. The zero-order valence-electron chi connectivity index (χ0n) is 7.79. The molecule has 3 nitrogen and oxygen atoms in total. The number of pyridine rings is 1. The Morgan fingerprint density at radius 2 is 2.46 bits per heavy atom. The van der Waals surface area contributed by atoms with Gasteiger partial charge < -0.3 is 10.1 Å². The number of aromatic nitrogens is 1. The Kier molecular flexibility index (Phi) is 2.45. The lowest BCUT2D eigenvalue weighted by Gasteiger charge is -2.10. The predicted molar refractivity (Wildman–Crippen MR) is 51.8 cm³/mol. The van der Waals surface area contributed by atoms with Gasteiger partial charge in [0.05, 0.1) is 12.6 Å². The maximum absolute atomic E-state index is 5.27. The third-order valence-corrected chi connectivity index (χ3v) is 2.17. The Balaban J connectivity index is 2.00. The molecule has 0 bridgehead atoms. The van der Waals surface area contributed by atoms with Gasteiger partial charge in [-0.25, -0.2) is 4.98 Å². The Labute approximate surface area is 78.1 Å². The molecule has 1 aliphatic rings. The van der Waals surface area contributed by atoms with E-state index in [1.165, 1.54) is 0 Å². The summed E-state index contributed by atoms with van der Waals surface area (Å²) in [6.45, 7) is 3.66. The van der Waals surface area contributed by atoms with E-state index >= 15 is 0 Å². The number of nitrogens with one attached hydrogen (secondary N) is 1.